The van der Waals surface area contributed by atoms with Crippen molar-refractivity contribution in [3.05, 3.63) is 23.8 Å². The maximum absolute atomic E-state index is 13.2. The molecule has 2 rings (SSSR count). The lowest BCUT2D eigenvalue weighted by atomic mass is 10.1. The van der Waals surface area contributed by atoms with E-state index in [2.05, 4.69) is 10.6 Å². The second-order valence-electron chi connectivity index (χ2n) is 7.86. The number of anilines is 2. The number of alkyl halides is 3. The standard InChI is InChI=1S/C20H29F3N4O2/c1-14(2)24-18(28)12-26(3)13-19(29)25-16-11-15(20(21,22)23)7-8-17(16)27-9-5-4-6-10-27/h7-8,11,14H,4-6,9-10,12-13H2,1-3H3,(H,24,28)(H,25,29)/p+1. The lowest BCUT2D eigenvalue weighted by Gasteiger charge is -2.31. The van der Waals surface area contributed by atoms with Gasteiger partial charge in [0.1, 0.15) is 0 Å². The van der Waals surface area contributed by atoms with E-state index in [9.17, 15) is 22.8 Å². The van der Waals surface area contributed by atoms with Crippen LogP contribution in [0.5, 0.6) is 0 Å². The van der Waals surface area contributed by atoms with E-state index in [1.807, 2.05) is 18.7 Å². The zero-order valence-corrected chi connectivity index (χ0v) is 17.2. The molecular formula is C20H30F3N4O2+. The molecule has 0 saturated carbocycles. The molecule has 1 unspecified atom stereocenters. The third-order valence-corrected chi connectivity index (χ3v) is 4.67. The number of carbonyl (C=O) groups is 2. The van der Waals surface area contributed by atoms with Crippen molar-refractivity contribution in [2.75, 3.05) is 43.4 Å². The van der Waals surface area contributed by atoms with Crippen LogP contribution in [-0.2, 0) is 15.8 Å². The molecule has 1 aliphatic rings. The number of carbonyl (C=O) groups excluding carboxylic acids is 2. The number of amides is 2. The molecule has 0 bridgehead atoms. The van der Waals surface area contributed by atoms with Crippen molar-refractivity contribution in [2.24, 2.45) is 0 Å². The number of quaternary nitrogens is 1. The first-order valence-corrected chi connectivity index (χ1v) is 9.93. The first-order valence-electron chi connectivity index (χ1n) is 9.93. The zero-order chi connectivity index (χ0) is 21.6. The Balaban J connectivity index is 2.11. The Labute approximate surface area is 169 Å². The van der Waals surface area contributed by atoms with Gasteiger partial charge in [0.2, 0.25) is 0 Å². The molecule has 2 amide bonds. The molecule has 29 heavy (non-hydrogen) atoms. The average Bonchev–Trinajstić information content (AvgIpc) is 2.60. The van der Waals surface area contributed by atoms with Crippen molar-refractivity contribution >= 4 is 23.2 Å². The molecule has 0 aliphatic carbocycles. The Morgan fingerprint density at radius 3 is 2.31 bits per heavy atom. The molecule has 1 atom stereocenters. The molecular weight excluding hydrogens is 385 g/mol. The second kappa shape index (κ2) is 9.96. The van der Waals surface area contributed by atoms with Gasteiger partial charge in [0, 0.05) is 19.1 Å². The van der Waals surface area contributed by atoms with Gasteiger partial charge >= 0.3 is 6.18 Å². The van der Waals surface area contributed by atoms with Crippen LogP contribution in [0.15, 0.2) is 18.2 Å². The first-order chi connectivity index (χ1) is 13.6. The van der Waals surface area contributed by atoms with Gasteiger partial charge in [0.05, 0.1) is 24.0 Å². The third-order valence-electron chi connectivity index (χ3n) is 4.67. The molecule has 0 radical (unpaired) electrons. The quantitative estimate of drug-likeness (QED) is 0.635. The minimum atomic E-state index is -4.49. The largest absolute Gasteiger partial charge is 0.416 e. The minimum absolute atomic E-state index is 0.00124. The number of hydrogen-bond acceptors (Lipinski definition) is 3. The maximum atomic E-state index is 13.2. The Morgan fingerprint density at radius 1 is 1.10 bits per heavy atom. The molecule has 1 aliphatic heterocycles. The summed E-state index contributed by atoms with van der Waals surface area (Å²) >= 11 is 0. The molecule has 0 aromatic heterocycles. The van der Waals surface area contributed by atoms with E-state index >= 15 is 0 Å². The summed E-state index contributed by atoms with van der Waals surface area (Å²) in [6.45, 7) is 5.25. The number of benzene rings is 1. The summed E-state index contributed by atoms with van der Waals surface area (Å²) in [5.74, 6) is -0.615. The summed E-state index contributed by atoms with van der Waals surface area (Å²) in [4.78, 5) is 26.9. The lowest BCUT2D eigenvalue weighted by Crippen LogP contribution is -3.11. The molecule has 0 spiro atoms. The van der Waals surface area contributed by atoms with Gasteiger partial charge in [-0.05, 0) is 51.3 Å². The summed E-state index contributed by atoms with van der Waals surface area (Å²) in [6, 6.07) is 3.47. The van der Waals surface area contributed by atoms with Crippen molar-refractivity contribution in [3.8, 4) is 0 Å². The van der Waals surface area contributed by atoms with Gasteiger partial charge < -0.3 is 20.4 Å². The minimum Gasteiger partial charge on any atom is -0.370 e. The Bertz CT molecular complexity index is 716. The average molecular weight is 415 g/mol. The van der Waals surface area contributed by atoms with E-state index in [1.165, 1.54) is 6.07 Å². The molecule has 9 heteroatoms. The smallest absolute Gasteiger partial charge is 0.370 e. The van der Waals surface area contributed by atoms with Crippen LogP contribution >= 0.6 is 0 Å². The number of likely N-dealkylation sites (N-methyl/N-ethyl adjacent to an activating group) is 1. The van der Waals surface area contributed by atoms with Crippen LogP contribution in [0.2, 0.25) is 0 Å². The van der Waals surface area contributed by atoms with Crippen molar-refractivity contribution in [3.63, 3.8) is 0 Å². The van der Waals surface area contributed by atoms with Gasteiger partial charge in [-0.1, -0.05) is 0 Å². The van der Waals surface area contributed by atoms with Gasteiger partial charge in [-0.15, -0.1) is 0 Å². The van der Waals surface area contributed by atoms with Gasteiger partial charge in [0.15, 0.2) is 13.1 Å². The fourth-order valence-corrected chi connectivity index (χ4v) is 3.40. The van der Waals surface area contributed by atoms with Crippen LogP contribution in [0.3, 0.4) is 0 Å². The van der Waals surface area contributed by atoms with Crippen LogP contribution < -0.4 is 20.4 Å². The second-order valence-corrected chi connectivity index (χ2v) is 7.86. The first kappa shape index (κ1) is 23.0. The molecule has 3 N–H and O–H groups in total. The van der Waals surface area contributed by atoms with Crippen LogP contribution in [0.1, 0.15) is 38.7 Å². The third kappa shape index (κ3) is 7.23. The highest BCUT2D eigenvalue weighted by Gasteiger charge is 2.32. The Morgan fingerprint density at radius 2 is 1.72 bits per heavy atom. The van der Waals surface area contributed by atoms with E-state index in [0.29, 0.717) is 10.6 Å². The summed E-state index contributed by atoms with van der Waals surface area (Å²) in [6.07, 6.45) is -1.47. The van der Waals surface area contributed by atoms with Crippen LogP contribution in [0, 0.1) is 0 Å². The predicted octanol–water partition coefficient (Wildman–Crippen LogP) is 1.67. The van der Waals surface area contributed by atoms with Gasteiger partial charge in [-0.3, -0.25) is 9.59 Å². The van der Waals surface area contributed by atoms with Crippen LogP contribution in [-0.4, -0.2) is 51.1 Å². The highest BCUT2D eigenvalue weighted by atomic mass is 19.4. The maximum Gasteiger partial charge on any atom is 0.416 e. The SMILES string of the molecule is CC(C)NC(=O)C[NH+](C)CC(=O)Nc1cc(C(F)(F)F)ccc1N1CCCCC1. The number of nitrogens with one attached hydrogen (secondary N) is 3. The van der Waals surface area contributed by atoms with E-state index in [4.69, 9.17) is 0 Å². The summed E-state index contributed by atoms with van der Waals surface area (Å²) in [5, 5.41) is 5.38. The van der Waals surface area contributed by atoms with Crippen molar-refractivity contribution < 1.29 is 27.7 Å². The Hall–Kier alpha value is -2.29. The molecule has 1 saturated heterocycles. The van der Waals surface area contributed by atoms with E-state index < -0.39 is 17.6 Å². The fraction of sp³-hybridized carbons (Fsp3) is 0.600. The summed E-state index contributed by atoms with van der Waals surface area (Å²) in [5.41, 5.74) is -0.0435. The van der Waals surface area contributed by atoms with Crippen LogP contribution in [0.25, 0.3) is 0 Å². The molecule has 1 fully saturated rings. The van der Waals surface area contributed by atoms with Crippen molar-refractivity contribution in [1.29, 1.82) is 0 Å². The number of rotatable bonds is 7. The molecule has 1 aromatic rings. The normalized spacial score (nSPS) is 15.9. The monoisotopic (exact) mass is 415 g/mol. The highest BCUT2D eigenvalue weighted by Crippen LogP contribution is 2.36. The number of nitrogens with zero attached hydrogens (tertiary/aromatic N) is 1. The zero-order valence-electron chi connectivity index (χ0n) is 17.2. The Kier molecular flexibility index (Phi) is 7.89. The van der Waals surface area contributed by atoms with Crippen molar-refractivity contribution in [1.82, 2.24) is 5.32 Å². The molecule has 6 nitrogen and oxygen atoms in total. The van der Waals surface area contributed by atoms with E-state index in [-0.39, 0.29) is 30.7 Å². The number of hydrogen-bond donors (Lipinski definition) is 3. The number of piperidine rings is 1. The fourth-order valence-electron chi connectivity index (χ4n) is 3.40. The lowest BCUT2D eigenvalue weighted by molar-refractivity contribution is -0.862. The van der Waals surface area contributed by atoms with Crippen LogP contribution in [0.4, 0.5) is 24.5 Å². The van der Waals surface area contributed by atoms with Gasteiger partial charge in [-0.25, -0.2) is 0 Å². The summed E-state index contributed by atoms with van der Waals surface area (Å²) < 4.78 is 39.5. The number of halogens is 3. The molecule has 1 heterocycles. The predicted molar refractivity (Wildman–Crippen MR) is 106 cm³/mol. The highest BCUT2D eigenvalue weighted by molar-refractivity contribution is 5.95. The summed E-state index contributed by atoms with van der Waals surface area (Å²) in [7, 11) is 1.69. The van der Waals surface area contributed by atoms with Gasteiger partial charge in [-0.2, -0.15) is 13.2 Å². The van der Waals surface area contributed by atoms with Crippen molar-refractivity contribution in [2.45, 2.75) is 45.3 Å². The van der Waals surface area contributed by atoms with E-state index in [1.54, 1.807) is 7.05 Å². The van der Waals surface area contributed by atoms with Gasteiger partial charge in [0.25, 0.3) is 11.8 Å². The molecule has 162 valence electrons. The topological polar surface area (TPSA) is 65.9 Å². The van der Waals surface area contributed by atoms with E-state index in [0.717, 1.165) is 44.5 Å². The molecule has 1 aromatic carbocycles.